The number of thiophene rings is 1. The standard InChI is InChI=1S/C14H26N2S2/c1-6-12(15)13(14-10(2)7-8-18-14)16(4)11(3)9-17-5/h7-8,11-13H,6,9,15H2,1-5H3. The number of nitrogens with two attached hydrogens (primary N) is 1. The molecule has 0 aliphatic carbocycles. The fourth-order valence-corrected chi connectivity index (χ4v) is 4.10. The van der Waals surface area contributed by atoms with E-state index in [2.05, 4.69) is 50.4 Å². The summed E-state index contributed by atoms with van der Waals surface area (Å²) < 4.78 is 0. The Bertz CT molecular complexity index is 351. The fraction of sp³-hybridized carbons (Fsp3) is 0.714. The molecular weight excluding hydrogens is 260 g/mol. The molecule has 3 unspecified atom stereocenters. The van der Waals surface area contributed by atoms with Crippen molar-refractivity contribution in [2.24, 2.45) is 5.73 Å². The highest BCUT2D eigenvalue weighted by Crippen LogP contribution is 2.32. The van der Waals surface area contributed by atoms with Gasteiger partial charge in [-0.3, -0.25) is 4.90 Å². The maximum absolute atomic E-state index is 6.37. The number of nitrogens with zero attached hydrogens (tertiary/aromatic N) is 1. The van der Waals surface area contributed by atoms with E-state index in [0.717, 1.165) is 12.2 Å². The monoisotopic (exact) mass is 286 g/mol. The molecule has 1 heterocycles. The highest BCUT2D eigenvalue weighted by Gasteiger charge is 2.28. The van der Waals surface area contributed by atoms with Gasteiger partial charge < -0.3 is 5.73 Å². The molecule has 1 aromatic heterocycles. The lowest BCUT2D eigenvalue weighted by Crippen LogP contribution is -2.43. The first-order valence-electron chi connectivity index (χ1n) is 6.53. The summed E-state index contributed by atoms with van der Waals surface area (Å²) in [4.78, 5) is 3.88. The first kappa shape index (κ1) is 16.0. The minimum Gasteiger partial charge on any atom is -0.326 e. The van der Waals surface area contributed by atoms with Gasteiger partial charge in [-0.25, -0.2) is 0 Å². The van der Waals surface area contributed by atoms with Gasteiger partial charge in [0.05, 0.1) is 6.04 Å². The molecule has 4 heteroatoms. The zero-order valence-corrected chi connectivity index (χ0v) is 13.8. The smallest absolute Gasteiger partial charge is 0.0596 e. The maximum atomic E-state index is 6.37. The van der Waals surface area contributed by atoms with E-state index in [0.29, 0.717) is 12.1 Å². The second-order valence-electron chi connectivity index (χ2n) is 4.95. The van der Waals surface area contributed by atoms with E-state index >= 15 is 0 Å². The van der Waals surface area contributed by atoms with Crippen molar-refractivity contribution in [2.45, 2.75) is 45.3 Å². The molecule has 3 atom stereocenters. The van der Waals surface area contributed by atoms with Gasteiger partial charge in [0.15, 0.2) is 0 Å². The van der Waals surface area contributed by atoms with Crippen LogP contribution in [0.5, 0.6) is 0 Å². The summed E-state index contributed by atoms with van der Waals surface area (Å²) in [6, 6.07) is 3.29. The molecule has 0 fully saturated rings. The van der Waals surface area contributed by atoms with Crippen molar-refractivity contribution in [3.8, 4) is 0 Å². The number of aryl methyl sites for hydroxylation is 1. The number of hydrogen-bond acceptors (Lipinski definition) is 4. The molecule has 104 valence electrons. The molecule has 0 amide bonds. The van der Waals surface area contributed by atoms with Crippen LogP contribution in [0.4, 0.5) is 0 Å². The van der Waals surface area contributed by atoms with Crippen molar-refractivity contribution in [2.75, 3.05) is 19.1 Å². The molecule has 0 aliphatic rings. The van der Waals surface area contributed by atoms with Gasteiger partial charge in [0.1, 0.15) is 0 Å². The quantitative estimate of drug-likeness (QED) is 0.831. The Morgan fingerprint density at radius 3 is 2.61 bits per heavy atom. The molecule has 0 saturated heterocycles. The third kappa shape index (κ3) is 3.73. The van der Waals surface area contributed by atoms with Gasteiger partial charge in [-0.15, -0.1) is 11.3 Å². The van der Waals surface area contributed by atoms with E-state index in [4.69, 9.17) is 5.73 Å². The van der Waals surface area contributed by atoms with Crippen molar-refractivity contribution < 1.29 is 0 Å². The van der Waals surface area contributed by atoms with Crippen LogP contribution in [-0.2, 0) is 0 Å². The van der Waals surface area contributed by atoms with Gasteiger partial charge in [0.2, 0.25) is 0 Å². The lowest BCUT2D eigenvalue weighted by atomic mass is 10.00. The van der Waals surface area contributed by atoms with Crippen LogP contribution in [0.3, 0.4) is 0 Å². The second-order valence-corrected chi connectivity index (χ2v) is 6.81. The normalized spacial score (nSPS) is 16.8. The minimum absolute atomic E-state index is 0.205. The molecular formula is C14H26N2S2. The van der Waals surface area contributed by atoms with Gasteiger partial charge in [-0.1, -0.05) is 6.92 Å². The van der Waals surface area contributed by atoms with Crippen LogP contribution in [0.25, 0.3) is 0 Å². The maximum Gasteiger partial charge on any atom is 0.0596 e. The van der Waals surface area contributed by atoms with Gasteiger partial charge in [-0.2, -0.15) is 11.8 Å². The summed E-state index contributed by atoms with van der Waals surface area (Å²) in [6.07, 6.45) is 3.17. The number of thioether (sulfide) groups is 1. The van der Waals surface area contributed by atoms with Crippen molar-refractivity contribution in [3.63, 3.8) is 0 Å². The van der Waals surface area contributed by atoms with Crippen LogP contribution in [0.2, 0.25) is 0 Å². The van der Waals surface area contributed by atoms with Crippen LogP contribution >= 0.6 is 23.1 Å². The van der Waals surface area contributed by atoms with E-state index in [1.165, 1.54) is 10.4 Å². The predicted octanol–water partition coefficient (Wildman–Crippen LogP) is 3.52. The first-order chi connectivity index (χ1) is 8.52. The lowest BCUT2D eigenvalue weighted by Gasteiger charge is -2.36. The zero-order chi connectivity index (χ0) is 13.7. The Hall–Kier alpha value is -0.0300. The number of hydrogen-bond donors (Lipinski definition) is 1. The van der Waals surface area contributed by atoms with Crippen molar-refractivity contribution in [1.29, 1.82) is 0 Å². The molecule has 0 spiro atoms. The van der Waals surface area contributed by atoms with Crippen molar-refractivity contribution in [3.05, 3.63) is 21.9 Å². The molecule has 1 aromatic rings. The average molecular weight is 287 g/mol. The third-order valence-electron chi connectivity index (χ3n) is 3.59. The highest BCUT2D eigenvalue weighted by molar-refractivity contribution is 7.98. The van der Waals surface area contributed by atoms with Crippen LogP contribution in [0, 0.1) is 6.92 Å². The Kier molecular flexibility index (Phi) is 6.71. The average Bonchev–Trinajstić information content (AvgIpc) is 2.76. The van der Waals surface area contributed by atoms with E-state index in [9.17, 15) is 0 Å². The predicted molar refractivity (Wildman–Crippen MR) is 85.7 cm³/mol. The van der Waals surface area contributed by atoms with Crippen LogP contribution in [0.15, 0.2) is 11.4 Å². The van der Waals surface area contributed by atoms with E-state index in [-0.39, 0.29) is 6.04 Å². The van der Waals surface area contributed by atoms with Crippen LogP contribution in [0.1, 0.15) is 36.8 Å². The zero-order valence-electron chi connectivity index (χ0n) is 12.1. The van der Waals surface area contributed by atoms with Crippen molar-refractivity contribution in [1.82, 2.24) is 4.90 Å². The number of likely N-dealkylation sites (N-methyl/N-ethyl adjacent to an activating group) is 1. The molecule has 2 nitrogen and oxygen atoms in total. The van der Waals surface area contributed by atoms with Gasteiger partial charge >= 0.3 is 0 Å². The summed E-state index contributed by atoms with van der Waals surface area (Å²) in [5.74, 6) is 1.15. The number of rotatable bonds is 7. The Morgan fingerprint density at radius 2 is 2.17 bits per heavy atom. The Morgan fingerprint density at radius 1 is 1.50 bits per heavy atom. The molecule has 0 saturated carbocycles. The molecule has 0 aromatic carbocycles. The molecule has 18 heavy (non-hydrogen) atoms. The SMILES string of the molecule is CCC(N)C(c1sccc1C)N(C)C(C)CSC. The van der Waals surface area contributed by atoms with E-state index in [1.54, 1.807) is 0 Å². The molecule has 0 aliphatic heterocycles. The van der Waals surface area contributed by atoms with Crippen LogP contribution in [-0.4, -0.2) is 36.0 Å². The highest BCUT2D eigenvalue weighted by atomic mass is 32.2. The van der Waals surface area contributed by atoms with Gasteiger partial charge in [-0.05, 0) is 50.6 Å². The van der Waals surface area contributed by atoms with Crippen molar-refractivity contribution >= 4 is 23.1 Å². The Labute approximate surface area is 120 Å². The summed E-state index contributed by atoms with van der Waals surface area (Å²) >= 11 is 3.73. The summed E-state index contributed by atoms with van der Waals surface area (Å²) in [5.41, 5.74) is 7.74. The fourth-order valence-electron chi connectivity index (χ4n) is 2.23. The van der Waals surface area contributed by atoms with E-state index < -0.39 is 0 Å². The molecule has 2 N–H and O–H groups in total. The topological polar surface area (TPSA) is 29.3 Å². The van der Waals surface area contributed by atoms with Crippen LogP contribution < -0.4 is 5.73 Å². The largest absolute Gasteiger partial charge is 0.326 e. The molecule has 0 bridgehead atoms. The minimum atomic E-state index is 0.205. The second kappa shape index (κ2) is 7.53. The summed E-state index contributed by atoms with van der Waals surface area (Å²) in [7, 11) is 2.21. The third-order valence-corrected chi connectivity index (χ3v) is 5.49. The lowest BCUT2D eigenvalue weighted by molar-refractivity contribution is 0.173. The van der Waals surface area contributed by atoms with Gasteiger partial charge in [0.25, 0.3) is 0 Å². The summed E-state index contributed by atoms with van der Waals surface area (Å²) in [5, 5.41) is 2.17. The Balaban J connectivity index is 2.95. The first-order valence-corrected chi connectivity index (χ1v) is 8.80. The molecule has 1 rings (SSSR count). The van der Waals surface area contributed by atoms with E-state index in [1.807, 2.05) is 23.1 Å². The van der Waals surface area contributed by atoms with Gasteiger partial charge in [0, 0.05) is 22.7 Å². The summed E-state index contributed by atoms with van der Waals surface area (Å²) in [6.45, 7) is 6.65. The molecule has 0 radical (unpaired) electrons.